The zero-order chi connectivity index (χ0) is 20.4. The Hall–Kier alpha value is -3.01. The Morgan fingerprint density at radius 3 is 2.43 bits per heavy atom. The van der Waals surface area contributed by atoms with E-state index < -0.39 is 54.1 Å². The fraction of sp³-hybridized carbons (Fsp3) is 0.389. The summed E-state index contributed by atoms with van der Waals surface area (Å²) in [4.78, 5) is 61.3. The molecule has 1 aromatic heterocycles. The molecule has 2 aliphatic rings. The topological polar surface area (TPSA) is 136 Å². The highest BCUT2D eigenvalue weighted by Gasteiger charge is 2.47. The first kappa shape index (κ1) is 19.7. The maximum absolute atomic E-state index is 12.4. The van der Waals surface area contributed by atoms with Crippen molar-refractivity contribution < 1.29 is 28.7 Å². The molecule has 3 N–H and O–H groups in total. The van der Waals surface area contributed by atoms with E-state index in [1.54, 1.807) is 5.38 Å². The predicted octanol–water partition coefficient (Wildman–Crippen LogP) is 0.668. The van der Waals surface area contributed by atoms with E-state index in [1.165, 1.54) is 13.0 Å². The van der Waals surface area contributed by atoms with Crippen molar-refractivity contribution in [2.24, 2.45) is 17.6 Å². The lowest BCUT2D eigenvalue weighted by Gasteiger charge is -2.17. The SMILES string of the molecule is C[C@H](OC(=O)CN1C(=O)[C@H]2CC=CC[C@H]2C1=O)C(=O)Nc1sccc1C(N)=O. The van der Waals surface area contributed by atoms with Gasteiger partial charge in [-0.3, -0.25) is 28.9 Å². The molecule has 0 unspecified atom stereocenters. The van der Waals surface area contributed by atoms with E-state index in [1.807, 2.05) is 12.2 Å². The summed E-state index contributed by atoms with van der Waals surface area (Å²) < 4.78 is 5.05. The molecule has 1 saturated heterocycles. The first-order valence-electron chi connectivity index (χ1n) is 8.67. The maximum atomic E-state index is 12.4. The molecule has 3 atom stereocenters. The lowest BCUT2D eigenvalue weighted by Crippen LogP contribution is -2.39. The number of esters is 1. The van der Waals surface area contributed by atoms with Gasteiger partial charge in [-0.1, -0.05) is 12.2 Å². The number of nitrogens with one attached hydrogen (secondary N) is 1. The van der Waals surface area contributed by atoms with Crippen LogP contribution in [0.25, 0.3) is 0 Å². The summed E-state index contributed by atoms with van der Waals surface area (Å²) in [5.41, 5.74) is 5.37. The van der Waals surface area contributed by atoms with Gasteiger partial charge in [0.1, 0.15) is 11.5 Å². The third-order valence-electron chi connectivity index (χ3n) is 4.73. The van der Waals surface area contributed by atoms with Crippen molar-refractivity contribution >= 4 is 45.9 Å². The summed E-state index contributed by atoms with van der Waals surface area (Å²) in [6.45, 7) is 0.815. The molecule has 1 fully saturated rings. The average molecular weight is 405 g/mol. The van der Waals surface area contributed by atoms with Crippen LogP contribution in [0, 0.1) is 11.8 Å². The minimum absolute atomic E-state index is 0.154. The first-order valence-corrected chi connectivity index (χ1v) is 9.55. The summed E-state index contributed by atoms with van der Waals surface area (Å²) in [6, 6.07) is 1.47. The highest BCUT2D eigenvalue weighted by atomic mass is 32.1. The van der Waals surface area contributed by atoms with Gasteiger partial charge in [0.25, 0.3) is 11.8 Å². The highest BCUT2D eigenvalue weighted by molar-refractivity contribution is 7.14. The molecule has 3 rings (SSSR count). The largest absolute Gasteiger partial charge is 0.451 e. The zero-order valence-corrected chi connectivity index (χ0v) is 15.9. The predicted molar refractivity (Wildman–Crippen MR) is 99.1 cm³/mol. The van der Waals surface area contributed by atoms with Crippen molar-refractivity contribution in [1.29, 1.82) is 0 Å². The third kappa shape index (κ3) is 3.81. The van der Waals surface area contributed by atoms with Gasteiger partial charge >= 0.3 is 5.97 Å². The van der Waals surface area contributed by atoms with Gasteiger partial charge in [0.05, 0.1) is 17.4 Å². The van der Waals surface area contributed by atoms with E-state index >= 15 is 0 Å². The van der Waals surface area contributed by atoms with Crippen LogP contribution in [0.5, 0.6) is 0 Å². The fourth-order valence-corrected chi connectivity index (χ4v) is 4.05. The van der Waals surface area contributed by atoms with Crippen LogP contribution in [0.3, 0.4) is 0 Å². The van der Waals surface area contributed by atoms with Crippen molar-refractivity contribution in [2.75, 3.05) is 11.9 Å². The Labute approximate surface area is 164 Å². The molecule has 10 heteroatoms. The summed E-state index contributed by atoms with van der Waals surface area (Å²) >= 11 is 1.10. The molecule has 1 aliphatic heterocycles. The van der Waals surface area contributed by atoms with Crippen LogP contribution in [0.15, 0.2) is 23.6 Å². The average Bonchev–Trinajstić information content (AvgIpc) is 3.21. The van der Waals surface area contributed by atoms with Crippen molar-refractivity contribution in [1.82, 2.24) is 4.90 Å². The van der Waals surface area contributed by atoms with Crippen LogP contribution in [0.4, 0.5) is 5.00 Å². The van der Waals surface area contributed by atoms with Crippen LogP contribution < -0.4 is 11.1 Å². The normalized spacial score (nSPS) is 22.0. The number of likely N-dealkylation sites (tertiary alicyclic amines) is 1. The molecule has 4 amide bonds. The van der Waals surface area contributed by atoms with Gasteiger partial charge in [0.2, 0.25) is 11.8 Å². The van der Waals surface area contributed by atoms with Gasteiger partial charge < -0.3 is 15.8 Å². The highest BCUT2D eigenvalue weighted by Crippen LogP contribution is 2.34. The van der Waals surface area contributed by atoms with E-state index in [9.17, 15) is 24.0 Å². The van der Waals surface area contributed by atoms with Gasteiger partial charge in [-0.2, -0.15) is 0 Å². The molecule has 0 radical (unpaired) electrons. The lowest BCUT2D eigenvalue weighted by atomic mass is 9.85. The summed E-state index contributed by atoms with van der Waals surface area (Å²) in [5.74, 6) is -3.86. The van der Waals surface area contributed by atoms with Crippen LogP contribution in [-0.2, 0) is 23.9 Å². The van der Waals surface area contributed by atoms with E-state index in [2.05, 4.69) is 5.32 Å². The summed E-state index contributed by atoms with van der Waals surface area (Å²) in [7, 11) is 0. The molecule has 2 heterocycles. The number of amides is 4. The Morgan fingerprint density at radius 2 is 1.86 bits per heavy atom. The molecule has 148 valence electrons. The number of hydrogen-bond acceptors (Lipinski definition) is 7. The Morgan fingerprint density at radius 1 is 1.25 bits per heavy atom. The molecule has 0 aromatic carbocycles. The van der Waals surface area contributed by atoms with Gasteiger partial charge in [0, 0.05) is 0 Å². The number of nitrogens with zero attached hydrogens (tertiary/aromatic N) is 1. The number of allylic oxidation sites excluding steroid dienone is 2. The number of ether oxygens (including phenoxy) is 1. The molecule has 0 saturated carbocycles. The number of anilines is 1. The molecule has 0 bridgehead atoms. The number of fused-ring (bicyclic) bond motifs is 1. The first-order chi connectivity index (χ1) is 13.3. The van der Waals surface area contributed by atoms with Crippen molar-refractivity contribution in [3.8, 4) is 0 Å². The lowest BCUT2D eigenvalue weighted by molar-refractivity contribution is -0.158. The number of carbonyl (C=O) groups is 5. The second-order valence-corrected chi connectivity index (χ2v) is 7.48. The van der Waals surface area contributed by atoms with Crippen LogP contribution >= 0.6 is 11.3 Å². The Kier molecular flexibility index (Phi) is 5.59. The second-order valence-electron chi connectivity index (χ2n) is 6.57. The molecule has 0 spiro atoms. The number of nitrogens with two attached hydrogens (primary N) is 1. The Balaban J connectivity index is 1.56. The molecular formula is C18H19N3O6S. The number of hydrogen-bond donors (Lipinski definition) is 2. The number of rotatable bonds is 6. The summed E-state index contributed by atoms with van der Waals surface area (Å²) in [5, 5.41) is 4.31. The zero-order valence-electron chi connectivity index (χ0n) is 15.0. The molecule has 28 heavy (non-hydrogen) atoms. The number of imide groups is 1. The van der Waals surface area contributed by atoms with E-state index in [4.69, 9.17) is 10.5 Å². The molecule has 1 aliphatic carbocycles. The number of primary amides is 1. The van der Waals surface area contributed by atoms with Crippen molar-refractivity contribution in [3.63, 3.8) is 0 Å². The quantitative estimate of drug-likeness (QED) is 0.406. The van der Waals surface area contributed by atoms with Gasteiger partial charge in [-0.25, -0.2) is 0 Å². The molecule has 9 nitrogen and oxygen atoms in total. The molecule has 1 aromatic rings. The van der Waals surface area contributed by atoms with Gasteiger partial charge in [-0.15, -0.1) is 11.3 Å². The third-order valence-corrected chi connectivity index (χ3v) is 5.56. The minimum atomic E-state index is -1.19. The van der Waals surface area contributed by atoms with Crippen LogP contribution in [0.2, 0.25) is 0 Å². The minimum Gasteiger partial charge on any atom is -0.451 e. The number of carbonyl (C=O) groups excluding carboxylic acids is 5. The fourth-order valence-electron chi connectivity index (χ4n) is 3.26. The van der Waals surface area contributed by atoms with E-state index in [0.717, 1.165) is 16.2 Å². The summed E-state index contributed by atoms with van der Waals surface area (Å²) in [6.07, 6.45) is 3.47. The second kappa shape index (κ2) is 7.93. The monoisotopic (exact) mass is 405 g/mol. The molecular weight excluding hydrogens is 386 g/mol. The number of thiophene rings is 1. The maximum Gasteiger partial charge on any atom is 0.326 e. The van der Waals surface area contributed by atoms with E-state index in [-0.39, 0.29) is 10.6 Å². The Bertz CT molecular complexity index is 850. The smallest absolute Gasteiger partial charge is 0.326 e. The van der Waals surface area contributed by atoms with Crippen molar-refractivity contribution in [3.05, 3.63) is 29.2 Å². The van der Waals surface area contributed by atoms with Crippen LogP contribution in [-0.4, -0.2) is 47.1 Å². The van der Waals surface area contributed by atoms with Gasteiger partial charge in [-0.05, 0) is 31.2 Å². The van der Waals surface area contributed by atoms with Gasteiger partial charge in [0.15, 0.2) is 6.10 Å². The van der Waals surface area contributed by atoms with Crippen LogP contribution in [0.1, 0.15) is 30.1 Å². The van der Waals surface area contributed by atoms with E-state index in [0.29, 0.717) is 12.8 Å². The standard InChI is InChI=1S/C18H19N3O6S/c1-9(15(24)20-16-12(14(19)23)6-7-28-16)27-13(22)8-21-17(25)10-4-2-3-5-11(10)18(21)26/h2-3,6-7,9-11H,4-5,8H2,1H3,(H2,19,23)(H,20,24)/t9-,10-,11+/m0/s1. The van der Waals surface area contributed by atoms with Crippen molar-refractivity contribution in [2.45, 2.75) is 25.9 Å².